The average molecular weight is 332 g/mol. The zero-order valence-corrected chi connectivity index (χ0v) is 11.0. The van der Waals surface area contributed by atoms with Gasteiger partial charge in [0.2, 0.25) is 0 Å². The number of benzene rings is 1. The molecule has 118 valence electrons. The van der Waals surface area contributed by atoms with Gasteiger partial charge >= 0.3 is 15.6 Å². The maximum atomic E-state index is 12.3. The third-order valence-corrected chi connectivity index (χ3v) is 3.84. The van der Waals surface area contributed by atoms with Crippen molar-refractivity contribution in [2.45, 2.75) is 12.9 Å². The quantitative estimate of drug-likeness (QED) is 0.575. The van der Waals surface area contributed by atoms with Gasteiger partial charge in [0, 0.05) is 22.5 Å². The van der Waals surface area contributed by atoms with E-state index in [9.17, 15) is 21.6 Å². The maximum absolute atomic E-state index is 12.3. The molecule has 1 aromatic carbocycles. The number of aromatic amines is 1. The molecule has 0 fully saturated rings. The summed E-state index contributed by atoms with van der Waals surface area (Å²) < 4.78 is 63.0. The number of aromatic nitrogens is 2. The molecule has 1 N–H and O–H groups in total. The highest BCUT2D eigenvalue weighted by molar-refractivity contribution is 7.88. The molecule has 0 amide bonds. The monoisotopic (exact) mass is 332 g/mol. The summed E-state index contributed by atoms with van der Waals surface area (Å²) in [5.41, 5.74) is -4.15. The van der Waals surface area contributed by atoms with Crippen molar-refractivity contribution in [3.8, 4) is 5.75 Å². The lowest BCUT2D eigenvalue weighted by Gasteiger charge is -2.09. The van der Waals surface area contributed by atoms with Crippen molar-refractivity contribution in [1.82, 2.24) is 9.97 Å². The zero-order chi connectivity index (χ0) is 15.3. The highest BCUT2D eigenvalue weighted by atomic mass is 32.2. The number of pyridine rings is 1. The minimum absolute atomic E-state index is 0. The van der Waals surface area contributed by atoms with Crippen molar-refractivity contribution in [1.29, 1.82) is 0 Å². The van der Waals surface area contributed by atoms with Crippen LogP contribution < -0.4 is 4.18 Å². The number of alkyl halides is 3. The Morgan fingerprint density at radius 2 is 1.82 bits per heavy atom. The second kappa shape index (κ2) is 5.16. The molecule has 2 heterocycles. The van der Waals surface area contributed by atoms with E-state index >= 15 is 0 Å². The first kappa shape index (κ1) is 16.1. The van der Waals surface area contributed by atoms with Gasteiger partial charge in [0.1, 0.15) is 5.75 Å². The largest absolute Gasteiger partial charge is 0.534 e. The fourth-order valence-corrected chi connectivity index (χ4v) is 2.41. The van der Waals surface area contributed by atoms with E-state index in [0.717, 1.165) is 6.07 Å². The molecule has 2 aromatic heterocycles. The molecule has 0 radical (unpaired) electrons. The highest BCUT2D eigenvalue weighted by Gasteiger charge is 2.48. The predicted molar refractivity (Wildman–Crippen MR) is 75.9 cm³/mol. The first-order valence-electron chi connectivity index (χ1n) is 5.64. The minimum atomic E-state index is -5.68. The van der Waals surface area contributed by atoms with E-state index in [1.165, 1.54) is 18.3 Å². The number of hydrogen-bond acceptors (Lipinski definition) is 4. The van der Waals surface area contributed by atoms with Gasteiger partial charge < -0.3 is 9.17 Å². The normalized spacial score (nSPS) is 12.3. The molecule has 0 saturated heterocycles. The van der Waals surface area contributed by atoms with E-state index < -0.39 is 21.4 Å². The van der Waals surface area contributed by atoms with Gasteiger partial charge in [0.05, 0.1) is 11.7 Å². The lowest BCUT2D eigenvalue weighted by atomic mass is 10.2. The van der Waals surface area contributed by atoms with Crippen LogP contribution in [0, 0.1) is 0 Å². The topological polar surface area (TPSA) is 72.1 Å². The molecule has 0 aliphatic heterocycles. The predicted octanol–water partition coefficient (Wildman–Crippen LogP) is 3.58. The highest BCUT2D eigenvalue weighted by Crippen LogP contribution is 2.31. The number of rotatable bonds is 2. The molecule has 3 aromatic rings. The Kier molecular flexibility index (Phi) is 3.78. The van der Waals surface area contributed by atoms with Crippen LogP contribution in [0.25, 0.3) is 21.8 Å². The van der Waals surface area contributed by atoms with E-state index in [-0.39, 0.29) is 7.43 Å². The molecule has 0 aliphatic rings. The smallest absolute Gasteiger partial charge is 0.376 e. The van der Waals surface area contributed by atoms with Crippen LogP contribution in [0.2, 0.25) is 0 Å². The van der Waals surface area contributed by atoms with Crippen LogP contribution in [0.4, 0.5) is 13.2 Å². The van der Waals surface area contributed by atoms with Gasteiger partial charge in [0.25, 0.3) is 0 Å². The fraction of sp³-hybridized carbons (Fsp3) is 0.154. The molecule has 0 saturated carbocycles. The summed E-state index contributed by atoms with van der Waals surface area (Å²) in [6.07, 6.45) is 3.08. The standard InChI is InChI=1S/C12H7F3N2O3S.CH4/c13-12(14,15)21(18,19)20-7-1-2-10-9(5-7)8-3-4-16-6-11(8)17-10;/h1-6,17H;1H4. The number of nitrogens with one attached hydrogen (secondary N) is 1. The van der Waals surface area contributed by atoms with Crippen molar-refractivity contribution in [2.24, 2.45) is 0 Å². The molecule has 22 heavy (non-hydrogen) atoms. The Labute approximate surface area is 123 Å². The molecular weight excluding hydrogens is 321 g/mol. The number of hydrogen-bond donors (Lipinski definition) is 1. The molecule has 9 heteroatoms. The summed E-state index contributed by atoms with van der Waals surface area (Å²) in [5, 5.41) is 1.25. The Hall–Kier alpha value is -2.29. The van der Waals surface area contributed by atoms with Crippen LogP contribution in [-0.4, -0.2) is 23.9 Å². The van der Waals surface area contributed by atoms with Crippen molar-refractivity contribution in [3.05, 3.63) is 36.7 Å². The lowest BCUT2D eigenvalue weighted by molar-refractivity contribution is -0.0500. The molecule has 5 nitrogen and oxygen atoms in total. The summed E-state index contributed by atoms with van der Waals surface area (Å²) in [6, 6.07) is 5.48. The second-order valence-electron chi connectivity index (χ2n) is 4.24. The number of fused-ring (bicyclic) bond motifs is 3. The number of H-pyrrole nitrogens is 1. The average Bonchev–Trinajstić information content (AvgIpc) is 2.75. The van der Waals surface area contributed by atoms with Crippen LogP contribution in [0.3, 0.4) is 0 Å². The molecule has 3 rings (SSSR count). The van der Waals surface area contributed by atoms with Crippen molar-refractivity contribution in [2.75, 3.05) is 0 Å². The molecular formula is C13H11F3N2O3S. The maximum Gasteiger partial charge on any atom is 0.534 e. The van der Waals surface area contributed by atoms with Crippen LogP contribution >= 0.6 is 0 Å². The summed E-state index contributed by atoms with van der Waals surface area (Å²) in [7, 11) is -5.68. The van der Waals surface area contributed by atoms with E-state index in [1.54, 1.807) is 12.3 Å². The molecule has 0 unspecified atom stereocenters. The van der Waals surface area contributed by atoms with Crippen LogP contribution in [0.5, 0.6) is 5.75 Å². The van der Waals surface area contributed by atoms with Gasteiger partial charge in [0.15, 0.2) is 0 Å². The first-order chi connectivity index (χ1) is 9.78. The third-order valence-electron chi connectivity index (χ3n) is 2.86. The molecule has 0 atom stereocenters. The van der Waals surface area contributed by atoms with Crippen LogP contribution in [0.15, 0.2) is 36.7 Å². The van der Waals surface area contributed by atoms with Crippen LogP contribution in [0.1, 0.15) is 7.43 Å². The SMILES string of the molecule is C.O=S(=O)(Oc1ccc2[nH]c3cnccc3c2c1)C(F)(F)F. The summed E-state index contributed by atoms with van der Waals surface area (Å²) in [6.45, 7) is 0. The van der Waals surface area contributed by atoms with Gasteiger partial charge in [-0.1, -0.05) is 7.43 Å². The Morgan fingerprint density at radius 3 is 2.50 bits per heavy atom. The van der Waals surface area contributed by atoms with Crippen molar-refractivity contribution >= 4 is 31.9 Å². The van der Waals surface area contributed by atoms with Gasteiger partial charge in [-0.2, -0.15) is 21.6 Å². The van der Waals surface area contributed by atoms with E-state index in [4.69, 9.17) is 0 Å². The molecule has 0 spiro atoms. The summed E-state index contributed by atoms with van der Waals surface area (Å²) >= 11 is 0. The zero-order valence-electron chi connectivity index (χ0n) is 10.2. The lowest BCUT2D eigenvalue weighted by Crippen LogP contribution is -2.28. The minimum Gasteiger partial charge on any atom is -0.376 e. The Balaban J connectivity index is 0.00000176. The molecule has 0 aliphatic carbocycles. The molecule has 0 bridgehead atoms. The van der Waals surface area contributed by atoms with Gasteiger partial charge in [-0.15, -0.1) is 0 Å². The van der Waals surface area contributed by atoms with Crippen molar-refractivity contribution in [3.63, 3.8) is 0 Å². The Bertz CT molecular complexity index is 932. The third kappa shape index (κ3) is 2.59. The van der Waals surface area contributed by atoms with Crippen LogP contribution in [-0.2, 0) is 10.1 Å². The fourth-order valence-electron chi connectivity index (χ4n) is 1.95. The van der Waals surface area contributed by atoms with Gasteiger partial charge in [-0.05, 0) is 24.3 Å². The number of halogens is 3. The second-order valence-corrected chi connectivity index (χ2v) is 5.77. The van der Waals surface area contributed by atoms with Gasteiger partial charge in [-0.3, -0.25) is 4.98 Å². The van der Waals surface area contributed by atoms with Crippen molar-refractivity contribution < 1.29 is 25.8 Å². The summed E-state index contributed by atoms with van der Waals surface area (Å²) in [4.78, 5) is 6.92. The summed E-state index contributed by atoms with van der Waals surface area (Å²) in [5.74, 6) is -0.405. The van der Waals surface area contributed by atoms with E-state index in [1.807, 2.05) is 0 Å². The Morgan fingerprint density at radius 1 is 1.09 bits per heavy atom. The first-order valence-corrected chi connectivity index (χ1v) is 7.05. The van der Waals surface area contributed by atoms with E-state index in [0.29, 0.717) is 21.8 Å². The van der Waals surface area contributed by atoms with E-state index in [2.05, 4.69) is 14.2 Å². The number of nitrogens with zero attached hydrogens (tertiary/aromatic N) is 1. The van der Waals surface area contributed by atoms with Gasteiger partial charge in [-0.25, -0.2) is 0 Å².